The highest BCUT2D eigenvalue weighted by Gasteiger charge is 2.05. The molecule has 0 radical (unpaired) electrons. The van der Waals surface area contributed by atoms with E-state index in [0.29, 0.717) is 0 Å². The molecular weight excluding hydrogens is 223 g/mol. The molecule has 0 saturated heterocycles. The van der Waals surface area contributed by atoms with Gasteiger partial charge >= 0.3 is 6.03 Å². The number of nitrogens with two attached hydrogens (primary N) is 1. The van der Waals surface area contributed by atoms with Crippen LogP contribution >= 0.6 is 11.6 Å². The first-order valence-corrected chi connectivity index (χ1v) is 4.24. The van der Waals surface area contributed by atoms with Crippen molar-refractivity contribution in [1.29, 1.82) is 5.41 Å². The van der Waals surface area contributed by atoms with Crippen LogP contribution in [0.2, 0.25) is 5.02 Å². The predicted molar refractivity (Wildman–Crippen MR) is 55.5 cm³/mol. The van der Waals surface area contributed by atoms with E-state index in [0.717, 1.165) is 6.07 Å². The summed E-state index contributed by atoms with van der Waals surface area (Å²) < 4.78 is 13.2. The molecular formula is C8H8ClFN4O. The molecule has 0 aliphatic heterocycles. The lowest BCUT2D eigenvalue weighted by molar-refractivity contribution is 0.253. The van der Waals surface area contributed by atoms with Crippen molar-refractivity contribution in [2.75, 3.05) is 5.32 Å². The second-order valence-electron chi connectivity index (χ2n) is 2.61. The minimum atomic E-state index is -0.901. The minimum Gasteiger partial charge on any atom is -0.351 e. The molecule has 5 nitrogen and oxygen atoms in total. The molecule has 0 spiro atoms. The maximum Gasteiger partial charge on any atom is 0.318 e. The van der Waals surface area contributed by atoms with E-state index >= 15 is 0 Å². The number of urea groups is 1. The number of nitrogens with one attached hydrogen (secondary N) is 3. The molecule has 0 atom stereocenters. The lowest BCUT2D eigenvalue weighted by Crippen LogP contribution is -2.38. The van der Waals surface area contributed by atoms with Crippen molar-refractivity contribution in [2.45, 2.75) is 0 Å². The summed E-state index contributed by atoms with van der Waals surface area (Å²) in [7, 11) is 0. The summed E-state index contributed by atoms with van der Waals surface area (Å²) in [6.45, 7) is 0. The van der Waals surface area contributed by atoms with E-state index in [1.807, 2.05) is 5.32 Å². The highest BCUT2D eigenvalue weighted by atomic mass is 35.5. The van der Waals surface area contributed by atoms with E-state index in [2.05, 4.69) is 5.32 Å². The van der Waals surface area contributed by atoms with Gasteiger partial charge in [-0.15, -0.1) is 0 Å². The molecule has 0 heterocycles. The van der Waals surface area contributed by atoms with Crippen molar-refractivity contribution in [3.8, 4) is 0 Å². The van der Waals surface area contributed by atoms with Crippen LogP contribution in [-0.2, 0) is 0 Å². The smallest absolute Gasteiger partial charge is 0.318 e. The maximum absolute atomic E-state index is 13.2. The van der Waals surface area contributed by atoms with Crippen LogP contribution in [0.1, 0.15) is 0 Å². The van der Waals surface area contributed by atoms with Crippen molar-refractivity contribution in [2.24, 2.45) is 5.73 Å². The molecule has 0 saturated carbocycles. The zero-order valence-electron chi connectivity index (χ0n) is 7.47. The fourth-order valence-corrected chi connectivity index (χ4v) is 1.04. The number of guanidine groups is 1. The number of carbonyl (C=O) groups excluding carboxylic acids is 1. The average molecular weight is 231 g/mol. The van der Waals surface area contributed by atoms with Gasteiger partial charge in [0.25, 0.3) is 0 Å². The minimum absolute atomic E-state index is 0.0261. The van der Waals surface area contributed by atoms with Crippen LogP contribution in [0.4, 0.5) is 14.9 Å². The van der Waals surface area contributed by atoms with E-state index in [4.69, 9.17) is 22.7 Å². The lowest BCUT2D eigenvalue weighted by atomic mass is 10.3. The monoisotopic (exact) mass is 230 g/mol. The maximum atomic E-state index is 13.2. The van der Waals surface area contributed by atoms with Crippen LogP contribution in [0, 0.1) is 11.2 Å². The normalized spacial score (nSPS) is 9.47. The summed E-state index contributed by atoms with van der Waals surface area (Å²) in [5.74, 6) is -1.04. The van der Waals surface area contributed by atoms with E-state index < -0.39 is 17.8 Å². The van der Waals surface area contributed by atoms with E-state index in [1.54, 1.807) is 0 Å². The number of anilines is 1. The van der Waals surface area contributed by atoms with Gasteiger partial charge in [0.15, 0.2) is 0 Å². The van der Waals surface area contributed by atoms with Crippen LogP contribution in [0.15, 0.2) is 18.2 Å². The SMILES string of the molecule is N=C(NC(N)=O)Nc1ccc(Cl)cc1F. The molecule has 5 N–H and O–H groups in total. The first-order chi connectivity index (χ1) is 6.99. The van der Waals surface area contributed by atoms with Gasteiger partial charge in [0.1, 0.15) is 5.82 Å². The highest BCUT2D eigenvalue weighted by Crippen LogP contribution is 2.18. The Morgan fingerprint density at radius 1 is 1.53 bits per heavy atom. The van der Waals surface area contributed by atoms with Crippen LogP contribution in [0.25, 0.3) is 0 Å². The molecule has 1 aromatic rings. The van der Waals surface area contributed by atoms with Crippen molar-refractivity contribution >= 4 is 29.3 Å². The molecule has 15 heavy (non-hydrogen) atoms. The molecule has 7 heteroatoms. The molecule has 0 aromatic heterocycles. The van der Waals surface area contributed by atoms with E-state index in [9.17, 15) is 9.18 Å². The van der Waals surface area contributed by atoms with Gasteiger partial charge in [-0.2, -0.15) is 0 Å². The van der Waals surface area contributed by atoms with E-state index in [1.165, 1.54) is 12.1 Å². The van der Waals surface area contributed by atoms with Gasteiger partial charge in [-0.25, -0.2) is 9.18 Å². The Labute approximate surface area is 89.9 Å². The number of amides is 2. The van der Waals surface area contributed by atoms with E-state index in [-0.39, 0.29) is 10.7 Å². The third kappa shape index (κ3) is 3.43. The highest BCUT2D eigenvalue weighted by molar-refractivity contribution is 6.30. The Morgan fingerprint density at radius 2 is 2.20 bits per heavy atom. The Morgan fingerprint density at radius 3 is 2.73 bits per heavy atom. The number of hydrogen-bond donors (Lipinski definition) is 4. The summed E-state index contributed by atoms with van der Waals surface area (Å²) >= 11 is 5.53. The van der Waals surface area contributed by atoms with Gasteiger partial charge < -0.3 is 11.1 Å². The summed E-state index contributed by atoms with van der Waals surface area (Å²) in [5.41, 5.74) is 4.79. The fraction of sp³-hybridized carbons (Fsp3) is 0. The van der Waals surface area contributed by atoms with Crippen LogP contribution in [0.5, 0.6) is 0 Å². The van der Waals surface area contributed by atoms with Gasteiger partial charge in [-0.1, -0.05) is 11.6 Å². The number of rotatable bonds is 1. The topological polar surface area (TPSA) is 91.0 Å². The largest absolute Gasteiger partial charge is 0.351 e. The first kappa shape index (κ1) is 11.3. The third-order valence-corrected chi connectivity index (χ3v) is 1.67. The molecule has 0 unspecified atom stereocenters. The number of carbonyl (C=O) groups is 1. The molecule has 0 bridgehead atoms. The van der Waals surface area contributed by atoms with Gasteiger partial charge in [0.05, 0.1) is 5.69 Å². The predicted octanol–water partition coefficient (Wildman–Crippen LogP) is 1.49. The summed E-state index contributed by atoms with van der Waals surface area (Å²) in [6.07, 6.45) is 0. The Balaban J connectivity index is 2.72. The van der Waals surface area contributed by atoms with Crippen molar-refractivity contribution < 1.29 is 9.18 Å². The number of primary amides is 1. The summed E-state index contributed by atoms with van der Waals surface area (Å²) in [5, 5.41) is 11.7. The molecule has 1 rings (SSSR count). The van der Waals surface area contributed by atoms with Crippen molar-refractivity contribution in [3.05, 3.63) is 29.0 Å². The lowest BCUT2D eigenvalue weighted by Gasteiger charge is -2.08. The Hall–Kier alpha value is -1.82. The molecule has 0 aliphatic rings. The number of benzene rings is 1. The quantitative estimate of drug-likeness (QED) is 0.435. The molecule has 80 valence electrons. The van der Waals surface area contributed by atoms with Gasteiger partial charge in [0, 0.05) is 5.02 Å². The van der Waals surface area contributed by atoms with Gasteiger partial charge in [-0.05, 0) is 18.2 Å². The van der Waals surface area contributed by atoms with Gasteiger partial charge in [-0.3, -0.25) is 10.7 Å². The summed E-state index contributed by atoms with van der Waals surface area (Å²) in [6, 6.07) is 2.97. The zero-order valence-corrected chi connectivity index (χ0v) is 8.23. The molecule has 0 fully saturated rings. The third-order valence-electron chi connectivity index (χ3n) is 1.44. The number of hydrogen-bond acceptors (Lipinski definition) is 2. The Bertz CT molecular complexity index is 410. The zero-order chi connectivity index (χ0) is 11.4. The van der Waals surface area contributed by atoms with Crippen LogP contribution in [-0.4, -0.2) is 12.0 Å². The van der Waals surface area contributed by atoms with Crippen molar-refractivity contribution in [3.63, 3.8) is 0 Å². The summed E-state index contributed by atoms with van der Waals surface area (Å²) in [4.78, 5) is 10.4. The second kappa shape index (κ2) is 4.61. The molecule has 1 aromatic carbocycles. The average Bonchev–Trinajstić information content (AvgIpc) is 2.08. The van der Waals surface area contributed by atoms with Crippen LogP contribution < -0.4 is 16.4 Å². The van der Waals surface area contributed by atoms with Crippen molar-refractivity contribution in [1.82, 2.24) is 5.32 Å². The molecule has 2 amide bonds. The van der Waals surface area contributed by atoms with Crippen LogP contribution in [0.3, 0.4) is 0 Å². The Kier molecular flexibility index (Phi) is 3.46. The fourth-order valence-electron chi connectivity index (χ4n) is 0.880. The first-order valence-electron chi connectivity index (χ1n) is 3.86. The second-order valence-corrected chi connectivity index (χ2v) is 3.05. The number of halogens is 2. The molecule has 0 aliphatic carbocycles. The standard InChI is InChI=1S/C8H8ClFN4O/c9-4-1-2-6(5(10)3-4)13-7(11)14-8(12)15/h1-3H,(H5,11,12,13,14,15). The van der Waals surface area contributed by atoms with Gasteiger partial charge in [0.2, 0.25) is 5.96 Å².